The Morgan fingerprint density at radius 2 is 0.983 bits per heavy atom. The highest BCUT2D eigenvalue weighted by Crippen LogP contribution is 2.46. The molecule has 4 aliphatic carbocycles. The van der Waals surface area contributed by atoms with Crippen LogP contribution in [0.5, 0.6) is 17.2 Å². The van der Waals surface area contributed by atoms with Crippen LogP contribution in [0.25, 0.3) is 111 Å². The molecule has 4 fully saturated rings. The lowest BCUT2D eigenvalue weighted by atomic mass is 9.81. The minimum atomic E-state index is 0.0206. The largest absolute Gasteiger partial charge is 0.495 e. The van der Waals surface area contributed by atoms with Crippen LogP contribution in [0.3, 0.4) is 0 Å². The van der Waals surface area contributed by atoms with Gasteiger partial charge in [-0.2, -0.15) is 15.3 Å². The Morgan fingerprint density at radius 1 is 0.521 bits per heavy atom. The second-order valence-electron chi connectivity index (χ2n) is 31.6. The van der Waals surface area contributed by atoms with E-state index in [4.69, 9.17) is 67.2 Å². The first-order valence-corrected chi connectivity index (χ1v) is 40.9. The number of hydrogen-bond donors (Lipinski definition) is 10. The van der Waals surface area contributed by atoms with Gasteiger partial charge in [0, 0.05) is 108 Å². The molecular weight excluding hydrogens is 1500 g/mol. The van der Waals surface area contributed by atoms with Crippen LogP contribution >= 0.6 is 0 Å². The number of imidazole rings is 4. The number of H-pyrrole nitrogens is 3. The van der Waals surface area contributed by atoms with Crippen molar-refractivity contribution < 1.29 is 28.2 Å². The van der Waals surface area contributed by atoms with E-state index in [0.717, 1.165) is 232 Å². The van der Waals surface area contributed by atoms with Gasteiger partial charge >= 0.3 is 0 Å². The fraction of sp³-hybridized carbons (Fsp3) is 0.352. The van der Waals surface area contributed by atoms with Gasteiger partial charge in [-0.15, -0.1) is 5.10 Å². The number of aromatic nitrogens is 17. The van der Waals surface area contributed by atoms with Crippen molar-refractivity contribution in [2.75, 3.05) is 62.6 Å². The third-order valence-electron chi connectivity index (χ3n) is 24.1. The topological polar surface area (TPSA) is 447 Å². The number of anilines is 5. The van der Waals surface area contributed by atoms with Gasteiger partial charge in [0.15, 0.2) is 28.7 Å². The number of nitriles is 1. The van der Waals surface area contributed by atoms with Crippen molar-refractivity contribution in [3.8, 4) is 68.9 Å². The third-order valence-corrected chi connectivity index (χ3v) is 24.1. The van der Waals surface area contributed by atoms with E-state index in [-0.39, 0.29) is 35.5 Å². The standard InChI is InChI=1S/C24H29N7O2.C23H28N8O.C22H22N6O.C19H18N4O2/c1-3-33-19-6-4-5-17-11-18(29-20(17)19)21-22-23(25)27-13-28-31(22)24(30-21)16-9-7-15(8-10-16)12-26-14(2)32;1-12-4-3-5-16-10-17(27-18(12)16)19-20-21(24)29-23(25)30-31(20)22(28-19)15-8-6-14(7-9-15)11-26-13(2)32;1-29-17-4-2-3-15-11-16(26-18(15)17)19-20-21(24)25-9-10-28(20)22(27-19)14-7-5-13(12-23)6-8-14;1-24-13-7-3-6-12-10-14(25-17(12)13)15-16-18(20)21-8-9-23(16)19(22-15)11-4-2-5-11/h4-6,11,13,15-16,29H,3,7-10,12H2,1-2H3,(H,26,32)(H2,25,27,28);3-5,10,14-15,27H,6-9,11H2,1-2H3,(H,26,32)(H4,24,25,29,30);2-4,9-11,13-14,26H,5-8H2,1H3,(H2,24,25);3,6-11H,2,4-5H2,1H3,(H2,20,21). The molecule has 610 valence electrons. The number of aryl methyl sites for hydroxylation is 1. The highest BCUT2D eigenvalue weighted by atomic mass is 16.5. The Labute approximate surface area is 684 Å². The SMILES string of the molecule is CC(=O)NCC1CCC(c2nc(-c3cc4cccc(C)c4[nH]3)c3c(N)nc(N)nn23)CC1.CCOc1cccc2cc(-c3nc(C4CCC(CNC(C)=O)CC4)n4ncnc(N)c34)[nH]c12.COc1cccc2cc(-c3nc(C4CCC(C#N)CC4)n4ccnc(N)c34)[nH]c12.COc1cccc2cc(-c3nc(C4CCC4)n4ccnc(N)c34)oc12. The maximum absolute atomic E-state index is 11.2. The molecule has 0 aliphatic heterocycles. The Balaban J connectivity index is 0.000000114. The van der Waals surface area contributed by atoms with Crippen LogP contribution in [0.15, 0.2) is 133 Å². The average Bonchev–Trinajstić information content (AvgIpc) is 1.61. The van der Waals surface area contributed by atoms with Crippen LogP contribution in [0.2, 0.25) is 0 Å². The van der Waals surface area contributed by atoms with E-state index in [9.17, 15) is 14.9 Å². The summed E-state index contributed by atoms with van der Waals surface area (Å²) in [6.07, 6.45) is 24.1. The van der Waals surface area contributed by atoms with E-state index >= 15 is 0 Å². The number of nitrogens with zero attached hydrogens (tertiary/aromatic N) is 15. The van der Waals surface area contributed by atoms with Crippen LogP contribution < -0.4 is 53.5 Å². The number of amides is 2. The molecule has 2 amide bonds. The summed E-state index contributed by atoms with van der Waals surface area (Å²) in [4.78, 5) is 69.9. The molecule has 4 saturated carbocycles. The van der Waals surface area contributed by atoms with Gasteiger partial charge in [0.2, 0.25) is 17.8 Å². The Hall–Kier alpha value is -13.8. The number of fused-ring (bicyclic) bond motifs is 8. The summed E-state index contributed by atoms with van der Waals surface area (Å²) in [6.45, 7) is 9.24. The number of carbonyl (C=O) groups excluding carboxylic acids is 2. The number of nitrogens with one attached hydrogen (secondary N) is 5. The molecule has 20 rings (SSSR count). The van der Waals surface area contributed by atoms with E-state index < -0.39 is 0 Å². The Morgan fingerprint density at radius 3 is 1.53 bits per heavy atom. The predicted octanol–water partition coefficient (Wildman–Crippen LogP) is 15.1. The van der Waals surface area contributed by atoms with Crippen molar-refractivity contribution in [1.29, 1.82) is 5.26 Å². The molecule has 0 radical (unpaired) electrons. The maximum atomic E-state index is 11.2. The monoisotopic (exact) mass is 1600 g/mol. The molecule has 0 spiro atoms. The smallest absolute Gasteiger partial charge is 0.240 e. The van der Waals surface area contributed by atoms with Crippen molar-refractivity contribution in [2.45, 2.75) is 148 Å². The van der Waals surface area contributed by atoms with Gasteiger partial charge in [-0.3, -0.25) is 18.4 Å². The molecule has 15 N–H and O–H groups in total. The third kappa shape index (κ3) is 15.2. The second-order valence-corrected chi connectivity index (χ2v) is 31.6. The fourth-order valence-corrected chi connectivity index (χ4v) is 17.7. The van der Waals surface area contributed by atoms with Gasteiger partial charge in [0.05, 0.1) is 55.0 Å². The molecule has 0 unspecified atom stereocenters. The lowest BCUT2D eigenvalue weighted by Crippen LogP contribution is -2.29. The Bertz CT molecular complexity index is 6500. The molecule has 16 aromatic rings. The van der Waals surface area contributed by atoms with Gasteiger partial charge in [-0.25, -0.2) is 43.9 Å². The lowest BCUT2D eigenvalue weighted by molar-refractivity contribution is -0.120. The first-order chi connectivity index (χ1) is 57.9. The number of benzene rings is 4. The second kappa shape index (κ2) is 33.1. The summed E-state index contributed by atoms with van der Waals surface area (Å²) in [5.74, 6) is 11.1. The highest BCUT2D eigenvalue weighted by Gasteiger charge is 2.34. The molecule has 31 nitrogen and oxygen atoms in total. The van der Waals surface area contributed by atoms with E-state index in [1.54, 1.807) is 45.0 Å². The molecule has 0 atom stereocenters. The zero-order chi connectivity index (χ0) is 82.3. The van der Waals surface area contributed by atoms with Gasteiger partial charge in [-0.1, -0.05) is 61.0 Å². The molecule has 4 aromatic carbocycles. The summed E-state index contributed by atoms with van der Waals surface area (Å²) < 4.78 is 30.5. The molecule has 12 heterocycles. The summed E-state index contributed by atoms with van der Waals surface area (Å²) in [6, 6.07) is 34.6. The van der Waals surface area contributed by atoms with Crippen LogP contribution in [-0.4, -0.2) is 129 Å². The summed E-state index contributed by atoms with van der Waals surface area (Å²) in [5, 5.41) is 28.3. The summed E-state index contributed by atoms with van der Waals surface area (Å²) in [7, 11) is 3.30. The maximum Gasteiger partial charge on any atom is 0.240 e. The first-order valence-electron chi connectivity index (χ1n) is 40.9. The predicted molar refractivity (Wildman–Crippen MR) is 459 cm³/mol. The van der Waals surface area contributed by atoms with Gasteiger partial charge in [0.1, 0.15) is 97.6 Å². The van der Waals surface area contributed by atoms with Crippen LogP contribution in [0, 0.1) is 36.0 Å². The number of methoxy groups -OCH3 is 2. The number of nitrogen functional groups attached to an aromatic ring is 5. The molecule has 0 bridgehead atoms. The van der Waals surface area contributed by atoms with E-state index in [2.05, 4.69) is 108 Å². The zero-order valence-electron chi connectivity index (χ0n) is 67.4. The quantitative estimate of drug-likeness (QED) is 0.0429. The summed E-state index contributed by atoms with van der Waals surface area (Å²) in [5.41, 5.74) is 44.5. The number of carbonyl (C=O) groups is 2. The average molecular weight is 1600 g/mol. The Kier molecular flexibility index (Phi) is 21.6. The number of para-hydroxylation sites is 4. The lowest BCUT2D eigenvalue weighted by Gasteiger charge is -2.27. The molecule has 12 aromatic heterocycles. The molecule has 119 heavy (non-hydrogen) atoms. The van der Waals surface area contributed by atoms with Crippen LogP contribution in [-0.2, 0) is 9.59 Å². The minimum Gasteiger partial charge on any atom is -0.495 e. The summed E-state index contributed by atoms with van der Waals surface area (Å²) >= 11 is 0. The number of ether oxygens (including phenoxy) is 3. The number of hydrogen-bond acceptors (Lipinski definition) is 22. The molecule has 4 aliphatic rings. The molecule has 0 saturated heterocycles. The van der Waals surface area contributed by atoms with Crippen molar-refractivity contribution >= 4 is 107 Å². The van der Waals surface area contributed by atoms with E-state index in [0.29, 0.717) is 76.2 Å². The van der Waals surface area contributed by atoms with Gasteiger partial charge < -0.3 is 72.9 Å². The van der Waals surface area contributed by atoms with Gasteiger partial charge in [-0.05, 0) is 164 Å². The molecule has 31 heteroatoms. The number of aromatic amines is 3. The van der Waals surface area contributed by atoms with Crippen LogP contribution in [0.1, 0.15) is 170 Å². The fourth-order valence-electron chi connectivity index (χ4n) is 17.7. The normalized spacial score (nSPS) is 18.1. The van der Waals surface area contributed by atoms with Crippen molar-refractivity contribution in [3.63, 3.8) is 0 Å². The number of nitrogens with two attached hydrogens (primary N) is 5. The van der Waals surface area contributed by atoms with Crippen LogP contribution in [0.4, 0.5) is 29.2 Å². The highest BCUT2D eigenvalue weighted by molar-refractivity contribution is 5.97. The van der Waals surface area contributed by atoms with Crippen molar-refractivity contribution in [1.82, 2.24) is 93.5 Å². The number of furan rings is 1. The molecular formula is C88H97N25O6. The minimum absolute atomic E-state index is 0.0206. The van der Waals surface area contributed by atoms with E-state index in [1.165, 1.54) is 18.3 Å². The van der Waals surface area contributed by atoms with Crippen molar-refractivity contribution in [3.05, 3.63) is 157 Å². The van der Waals surface area contributed by atoms with Gasteiger partial charge in [0.25, 0.3) is 0 Å². The number of rotatable bonds is 16. The first kappa shape index (κ1) is 77.8. The zero-order valence-corrected chi connectivity index (χ0v) is 67.4. The van der Waals surface area contributed by atoms with Crippen molar-refractivity contribution in [2.24, 2.45) is 17.8 Å². The van der Waals surface area contributed by atoms with E-state index in [1.807, 2.05) is 90.6 Å².